The molecule has 3 N–H and O–H groups in total. The number of sulfonamides is 1. The van der Waals surface area contributed by atoms with Gasteiger partial charge in [0.1, 0.15) is 0 Å². The summed E-state index contributed by atoms with van der Waals surface area (Å²) < 4.78 is 27.3. The first-order valence-electron chi connectivity index (χ1n) is 10.3. The van der Waals surface area contributed by atoms with Crippen LogP contribution in [0.1, 0.15) is 28.8 Å². The number of likely N-dealkylation sites (tertiary alicyclic amines) is 1. The maximum atomic E-state index is 13.0. The highest BCUT2D eigenvalue weighted by atomic mass is 35.5. The second-order valence-electron chi connectivity index (χ2n) is 7.88. The van der Waals surface area contributed by atoms with Crippen LogP contribution >= 0.6 is 11.6 Å². The first-order chi connectivity index (χ1) is 15.2. The van der Waals surface area contributed by atoms with Crippen molar-refractivity contribution >= 4 is 33.4 Å². The second kappa shape index (κ2) is 10.4. The minimum absolute atomic E-state index is 0.00163. The Kier molecular flexibility index (Phi) is 7.89. The van der Waals surface area contributed by atoms with E-state index in [2.05, 4.69) is 5.32 Å². The highest BCUT2D eigenvalue weighted by molar-refractivity contribution is 7.89. The number of rotatable bonds is 8. The molecule has 2 aromatic carbocycles. The molecule has 1 heterocycles. The SMILES string of the molecule is CN(Cc1ccccc1)S(=O)(=O)c1ccc(Cl)c(C(=O)NC2CCN(CC(N)=O)CC2)c1. The lowest BCUT2D eigenvalue weighted by molar-refractivity contribution is -0.119. The molecule has 0 aromatic heterocycles. The molecule has 0 saturated carbocycles. The monoisotopic (exact) mass is 478 g/mol. The van der Waals surface area contributed by atoms with Gasteiger partial charge in [0.2, 0.25) is 15.9 Å². The summed E-state index contributed by atoms with van der Waals surface area (Å²) in [5, 5.41) is 3.10. The number of benzene rings is 2. The predicted molar refractivity (Wildman–Crippen MR) is 123 cm³/mol. The van der Waals surface area contributed by atoms with Gasteiger partial charge in [0.15, 0.2) is 0 Å². The van der Waals surface area contributed by atoms with E-state index in [-0.39, 0.29) is 40.5 Å². The van der Waals surface area contributed by atoms with E-state index in [0.717, 1.165) is 5.56 Å². The molecular formula is C22H27ClN4O4S. The molecule has 1 saturated heterocycles. The molecule has 1 aliphatic heterocycles. The van der Waals surface area contributed by atoms with E-state index in [0.29, 0.717) is 25.9 Å². The van der Waals surface area contributed by atoms with E-state index in [9.17, 15) is 18.0 Å². The van der Waals surface area contributed by atoms with Crippen LogP contribution in [0.15, 0.2) is 53.4 Å². The number of nitrogens with zero attached hydrogens (tertiary/aromatic N) is 2. The lowest BCUT2D eigenvalue weighted by Gasteiger charge is -2.31. The van der Waals surface area contributed by atoms with E-state index in [4.69, 9.17) is 17.3 Å². The Bertz CT molecular complexity index is 1070. The summed E-state index contributed by atoms with van der Waals surface area (Å²) in [5.41, 5.74) is 6.19. The third kappa shape index (κ3) is 6.07. The number of nitrogens with two attached hydrogens (primary N) is 1. The Hall–Kier alpha value is -2.46. The van der Waals surface area contributed by atoms with Crippen molar-refractivity contribution in [2.75, 3.05) is 26.7 Å². The van der Waals surface area contributed by atoms with Crippen molar-refractivity contribution in [1.82, 2.24) is 14.5 Å². The van der Waals surface area contributed by atoms with Crippen LogP contribution in [-0.2, 0) is 21.4 Å². The van der Waals surface area contributed by atoms with Crippen molar-refractivity contribution in [3.05, 3.63) is 64.7 Å². The average Bonchev–Trinajstić information content (AvgIpc) is 2.75. The van der Waals surface area contributed by atoms with Gasteiger partial charge in [-0.15, -0.1) is 0 Å². The van der Waals surface area contributed by atoms with Crippen LogP contribution in [-0.4, -0.2) is 62.2 Å². The van der Waals surface area contributed by atoms with Crippen molar-refractivity contribution in [2.45, 2.75) is 30.3 Å². The fourth-order valence-electron chi connectivity index (χ4n) is 3.66. The van der Waals surface area contributed by atoms with Gasteiger partial charge in [-0.2, -0.15) is 4.31 Å². The summed E-state index contributed by atoms with van der Waals surface area (Å²) in [4.78, 5) is 25.8. The van der Waals surface area contributed by atoms with E-state index in [1.165, 1.54) is 29.6 Å². The highest BCUT2D eigenvalue weighted by Crippen LogP contribution is 2.24. The maximum Gasteiger partial charge on any atom is 0.253 e. The number of hydrogen-bond donors (Lipinski definition) is 2. The smallest absolute Gasteiger partial charge is 0.253 e. The van der Waals surface area contributed by atoms with E-state index < -0.39 is 15.9 Å². The second-order valence-corrected chi connectivity index (χ2v) is 10.3. The maximum absolute atomic E-state index is 13.0. The summed E-state index contributed by atoms with van der Waals surface area (Å²) in [6, 6.07) is 13.3. The van der Waals surface area contributed by atoms with Gasteiger partial charge in [-0.25, -0.2) is 8.42 Å². The van der Waals surface area contributed by atoms with Crippen LogP contribution in [0.3, 0.4) is 0 Å². The van der Waals surface area contributed by atoms with Crippen molar-refractivity contribution < 1.29 is 18.0 Å². The molecule has 2 amide bonds. The molecule has 0 spiro atoms. The molecule has 0 bridgehead atoms. The fourth-order valence-corrected chi connectivity index (χ4v) is 5.05. The predicted octanol–water partition coefficient (Wildman–Crippen LogP) is 1.84. The number of halogens is 1. The molecule has 1 fully saturated rings. The number of carbonyl (C=O) groups excluding carboxylic acids is 2. The number of nitrogens with one attached hydrogen (secondary N) is 1. The van der Waals surface area contributed by atoms with Crippen molar-refractivity contribution in [1.29, 1.82) is 0 Å². The Morgan fingerprint density at radius 2 is 1.81 bits per heavy atom. The molecular weight excluding hydrogens is 452 g/mol. The molecule has 10 heteroatoms. The average molecular weight is 479 g/mol. The van der Waals surface area contributed by atoms with Crippen LogP contribution in [0.2, 0.25) is 5.02 Å². The fraction of sp³-hybridized carbons (Fsp3) is 0.364. The number of hydrogen-bond acceptors (Lipinski definition) is 5. The van der Waals surface area contributed by atoms with Crippen LogP contribution < -0.4 is 11.1 Å². The summed E-state index contributed by atoms with van der Waals surface area (Å²) in [7, 11) is -2.32. The molecule has 32 heavy (non-hydrogen) atoms. The molecule has 3 rings (SSSR count). The molecule has 172 valence electrons. The van der Waals surface area contributed by atoms with E-state index >= 15 is 0 Å². The van der Waals surface area contributed by atoms with Gasteiger partial charge in [0.05, 0.1) is 22.0 Å². The minimum Gasteiger partial charge on any atom is -0.369 e. The normalized spacial score (nSPS) is 15.6. The lowest BCUT2D eigenvalue weighted by Crippen LogP contribution is -2.46. The van der Waals surface area contributed by atoms with Gasteiger partial charge in [0, 0.05) is 32.7 Å². The van der Waals surface area contributed by atoms with Gasteiger partial charge < -0.3 is 11.1 Å². The van der Waals surface area contributed by atoms with Gasteiger partial charge in [-0.05, 0) is 36.6 Å². The molecule has 0 unspecified atom stereocenters. The van der Waals surface area contributed by atoms with Gasteiger partial charge in [-0.1, -0.05) is 41.9 Å². The summed E-state index contributed by atoms with van der Waals surface area (Å²) in [6.45, 7) is 1.68. The number of primary amides is 1. The van der Waals surface area contributed by atoms with Crippen LogP contribution in [0.25, 0.3) is 0 Å². The molecule has 0 radical (unpaired) electrons. The van der Waals surface area contributed by atoms with Crippen molar-refractivity contribution in [3.63, 3.8) is 0 Å². The zero-order chi connectivity index (χ0) is 23.3. The van der Waals surface area contributed by atoms with Gasteiger partial charge >= 0.3 is 0 Å². The number of carbonyl (C=O) groups is 2. The number of piperidine rings is 1. The van der Waals surface area contributed by atoms with Crippen LogP contribution in [0.5, 0.6) is 0 Å². The molecule has 0 aliphatic carbocycles. The third-order valence-corrected chi connectivity index (χ3v) is 7.57. The van der Waals surface area contributed by atoms with Gasteiger partial charge in [0.25, 0.3) is 5.91 Å². The molecule has 1 aliphatic rings. The Labute approximate surface area is 193 Å². The zero-order valence-corrected chi connectivity index (χ0v) is 19.4. The van der Waals surface area contributed by atoms with Gasteiger partial charge in [-0.3, -0.25) is 14.5 Å². The first-order valence-corrected chi connectivity index (χ1v) is 12.1. The minimum atomic E-state index is -3.82. The molecule has 8 nitrogen and oxygen atoms in total. The standard InChI is InChI=1S/C22H27ClN4O4S/c1-26(14-16-5-3-2-4-6-16)32(30,31)18-7-8-20(23)19(13-18)22(29)25-17-9-11-27(12-10-17)15-21(24)28/h2-8,13,17H,9-12,14-15H2,1H3,(H2,24,28)(H,25,29). The van der Waals surface area contributed by atoms with Crippen LogP contribution in [0, 0.1) is 0 Å². The number of amides is 2. The molecule has 2 aromatic rings. The van der Waals surface area contributed by atoms with Crippen molar-refractivity contribution in [2.24, 2.45) is 5.73 Å². The first kappa shape index (κ1) is 24.2. The lowest BCUT2D eigenvalue weighted by atomic mass is 10.0. The molecule has 0 atom stereocenters. The Morgan fingerprint density at radius 3 is 2.44 bits per heavy atom. The van der Waals surface area contributed by atoms with E-state index in [1.54, 1.807) is 0 Å². The highest BCUT2D eigenvalue weighted by Gasteiger charge is 2.26. The quantitative estimate of drug-likeness (QED) is 0.601. The summed E-state index contributed by atoms with van der Waals surface area (Å²) in [5.74, 6) is -0.805. The largest absolute Gasteiger partial charge is 0.369 e. The zero-order valence-electron chi connectivity index (χ0n) is 17.8. The van der Waals surface area contributed by atoms with E-state index in [1.807, 2.05) is 35.2 Å². The summed E-state index contributed by atoms with van der Waals surface area (Å²) in [6.07, 6.45) is 1.32. The summed E-state index contributed by atoms with van der Waals surface area (Å²) >= 11 is 6.22. The third-order valence-electron chi connectivity index (χ3n) is 5.44. The van der Waals surface area contributed by atoms with Crippen LogP contribution in [0.4, 0.5) is 0 Å². The van der Waals surface area contributed by atoms with Crippen molar-refractivity contribution in [3.8, 4) is 0 Å². The Morgan fingerprint density at radius 1 is 1.16 bits per heavy atom. The Balaban J connectivity index is 1.69. The topological polar surface area (TPSA) is 113 Å².